The number of pyridine rings is 1. The standard InChI is InChI=1S/C22H23N3O3/c1-14-5-7-19(15(2)9-14)25-22(26)16-10-17(13-23-12-16)24-20-11-18(27-3)6-8-21(20)28-4/h5-13,24H,1-4H3,(H,25,26). The number of anilines is 3. The predicted octanol–water partition coefficient (Wildman–Crippen LogP) is 4.71. The lowest BCUT2D eigenvalue weighted by Gasteiger charge is -2.13. The Morgan fingerprint density at radius 2 is 1.75 bits per heavy atom. The lowest BCUT2D eigenvalue weighted by atomic mass is 10.1. The quantitative estimate of drug-likeness (QED) is 0.651. The zero-order valence-electron chi connectivity index (χ0n) is 16.4. The number of nitrogens with one attached hydrogen (secondary N) is 2. The lowest BCUT2D eigenvalue weighted by molar-refractivity contribution is 0.102. The molecule has 0 fully saturated rings. The van der Waals surface area contributed by atoms with Crippen LogP contribution in [-0.4, -0.2) is 25.1 Å². The number of aryl methyl sites for hydroxylation is 2. The van der Waals surface area contributed by atoms with E-state index in [1.807, 2.05) is 50.2 Å². The number of rotatable bonds is 6. The normalized spacial score (nSPS) is 10.3. The number of ether oxygens (including phenoxy) is 2. The van der Waals surface area contributed by atoms with Crippen molar-refractivity contribution < 1.29 is 14.3 Å². The molecule has 144 valence electrons. The topological polar surface area (TPSA) is 72.5 Å². The Morgan fingerprint density at radius 3 is 2.46 bits per heavy atom. The van der Waals surface area contributed by atoms with E-state index in [-0.39, 0.29) is 5.91 Å². The van der Waals surface area contributed by atoms with Crippen molar-refractivity contribution in [2.45, 2.75) is 13.8 Å². The van der Waals surface area contributed by atoms with E-state index < -0.39 is 0 Å². The third kappa shape index (κ3) is 4.40. The molecule has 1 heterocycles. The minimum absolute atomic E-state index is 0.222. The zero-order chi connectivity index (χ0) is 20.1. The van der Waals surface area contributed by atoms with Gasteiger partial charge in [-0.15, -0.1) is 0 Å². The first-order valence-electron chi connectivity index (χ1n) is 8.83. The van der Waals surface area contributed by atoms with E-state index in [1.54, 1.807) is 26.5 Å². The summed E-state index contributed by atoms with van der Waals surface area (Å²) in [5, 5.41) is 6.16. The number of nitrogens with zero attached hydrogens (tertiary/aromatic N) is 1. The Hall–Kier alpha value is -3.54. The van der Waals surface area contributed by atoms with Gasteiger partial charge in [0.2, 0.25) is 0 Å². The highest BCUT2D eigenvalue weighted by atomic mass is 16.5. The summed E-state index contributed by atoms with van der Waals surface area (Å²) in [5.74, 6) is 1.13. The molecule has 0 spiro atoms. The van der Waals surface area contributed by atoms with Gasteiger partial charge in [-0.1, -0.05) is 17.7 Å². The molecule has 0 saturated carbocycles. The van der Waals surface area contributed by atoms with Crippen molar-refractivity contribution in [1.29, 1.82) is 0 Å². The summed E-state index contributed by atoms with van der Waals surface area (Å²) in [7, 11) is 3.20. The number of amides is 1. The molecule has 1 aromatic heterocycles. The second-order valence-corrected chi connectivity index (χ2v) is 6.43. The van der Waals surface area contributed by atoms with Crippen LogP contribution in [0.3, 0.4) is 0 Å². The van der Waals surface area contributed by atoms with Crippen LogP contribution in [0.5, 0.6) is 11.5 Å². The maximum Gasteiger partial charge on any atom is 0.257 e. The highest BCUT2D eigenvalue weighted by Crippen LogP contribution is 2.31. The molecule has 28 heavy (non-hydrogen) atoms. The van der Waals surface area contributed by atoms with Gasteiger partial charge in [-0.25, -0.2) is 0 Å². The monoisotopic (exact) mass is 377 g/mol. The Kier molecular flexibility index (Phi) is 5.79. The van der Waals surface area contributed by atoms with Gasteiger partial charge in [0.1, 0.15) is 11.5 Å². The average molecular weight is 377 g/mol. The Labute approximate surface area is 164 Å². The highest BCUT2D eigenvalue weighted by molar-refractivity contribution is 6.05. The van der Waals surface area contributed by atoms with Gasteiger partial charge in [-0.2, -0.15) is 0 Å². The SMILES string of the molecule is COc1ccc(OC)c(Nc2cncc(C(=O)Nc3ccc(C)cc3C)c2)c1. The molecule has 2 aromatic carbocycles. The summed E-state index contributed by atoms with van der Waals surface area (Å²) in [4.78, 5) is 16.8. The van der Waals surface area contributed by atoms with Crippen molar-refractivity contribution in [3.05, 3.63) is 71.5 Å². The molecule has 6 heteroatoms. The van der Waals surface area contributed by atoms with Crippen LogP contribution >= 0.6 is 0 Å². The second-order valence-electron chi connectivity index (χ2n) is 6.43. The molecule has 3 rings (SSSR count). The average Bonchev–Trinajstić information content (AvgIpc) is 2.70. The van der Waals surface area contributed by atoms with Crippen molar-refractivity contribution in [1.82, 2.24) is 4.98 Å². The molecule has 3 aromatic rings. The van der Waals surface area contributed by atoms with Gasteiger partial charge in [0.25, 0.3) is 5.91 Å². The first kappa shape index (κ1) is 19.2. The molecule has 1 amide bonds. The van der Waals surface area contributed by atoms with Gasteiger partial charge in [0.05, 0.1) is 37.4 Å². The molecule has 0 bridgehead atoms. The minimum Gasteiger partial charge on any atom is -0.497 e. The van der Waals surface area contributed by atoms with Gasteiger partial charge in [0, 0.05) is 18.0 Å². The van der Waals surface area contributed by atoms with Crippen LogP contribution in [0, 0.1) is 13.8 Å². The Balaban J connectivity index is 1.81. The van der Waals surface area contributed by atoms with Gasteiger partial charge < -0.3 is 20.1 Å². The predicted molar refractivity (Wildman–Crippen MR) is 111 cm³/mol. The van der Waals surface area contributed by atoms with E-state index >= 15 is 0 Å². The van der Waals surface area contributed by atoms with Crippen molar-refractivity contribution in [2.24, 2.45) is 0 Å². The van der Waals surface area contributed by atoms with Crippen LogP contribution in [0.25, 0.3) is 0 Å². The first-order valence-corrected chi connectivity index (χ1v) is 8.83. The van der Waals surface area contributed by atoms with Gasteiger partial charge in [-0.05, 0) is 43.7 Å². The van der Waals surface area contributed by atoms with Crippen LogP contribution in [-0.2, 0) is 0 Å². The van der Waals surface area contributed by atoms with E-state index in [4.69, 9.17) is 9.47 Å². The molecule has 0 aliphatic rings. The number of methoxy groups -OCH3 is 2. The molecule has 0 aliphatic carbocycles. The zero-order valence-corrected chi connectivity index (χ0v) is 16.4. The maximum absolute atomic E-state index is 12.7. The summed E-state index contributed by atoms with van der Waals surface area (Å²) in [6.07, 6.45) is 3.18. The summed E-state index contributed by atoms with van der Waals surface area (Å²) < 4.78 is 10.6. The van der Waals surface area contributed by atoms with Crippen molar-refractivity contribution >= 4 is 23.0 Å². The van der Waals surface area contributed by atoms with Crippen LogP contribution in [0.4, 0.5) is 17.1 Å². The van der Waals surface area contributed by atoms with Gasteiger partial charge in [0.15, 0.2) is 0 Å². The van der Waals surface area contributed by atoms with Crippen LogP contribution in [0.15, 0.2) is 54.9 Å². The third-order valence-corrected chi connectivity index (χ3v) is 4.32. The molecule has 0 saturated heterocycles. The summed E-state index contributed by atoms with van der Waals surface area (Å²) >= 11 is 0. The number of benzene rings is 2. The van der Waals surface area contributed by atoms with Crippen molar-refractivity contribution in [3.8, 4) is 11.5 Å². The molecule has 2 N–H and O–H groups in total. The summed E-state index contributed by atoms with van der Waals surface area (Å²) in [5.41, 5.74) is 4.78. The van der Waals surface area contributed by atoms with E-state index in [0.717, 1.165) is 22.5 Å². The smallest absolute Gasteiger partial charge is 0.257 e. The molecule has 0 aliphatic heterocycles. The molecule has 0 atom stereocenters. The number of hydrogen-bond donors (Lipinski definition) is 2. The number of carbonyl (C=O) groups excluding carboxylic acids is 1. The lowest BCUT2D eigenvalue weighted by Crippen LogP contribution is -2.13. The summed E-state index contributed by atoms with van der Waals surface area (Å²) in [6, 6.07) is 13.1. The number of carbonyl (C=O) groups is 1. The molecule has 0 radical (unpaired) electrons. The van der Waals surface area contributed by atoms with Crippen molar-refractivity contribution in [3.63, 3.8) is 0 Å². The van der Waals surface area contributed by atoms with Gasteiger partial charge in [-0.3, -0.25) is 9.78 Å². The first-order chi connectivity index (χ1) is 13.5. The fourth-order valence-electron chi connectivity index (χ4n) is 2.85. The molecular formula is C22H23N3O3. The second kappa shape index (κ2) is 8.43. The minimum atomic E-state index is -0.222. The van der Waals surface area contributed by atoms with E-state index in [9.17, 15) is 4.79 Å². The van der Waals surface area contributed by atoms with E-state index in [1.165, 1.54) is 6.20 Å². The molecule has 6 nitrogen and oxygen atoms in total. The number of hydrogen-bond acceptors (Lipinski definition) is 5. The van der Waals surface area contributed by atoms with E-state index in [0.29, 0.717) is 22.7 Å². The van der Waals surface area contributed by atoms with Crippen LogP contribution < -0.4 is 20.1 Å². The van der Waals surface area contributed by atoms with Crippen molar-refractivity contribution in [2.75, 3.05) is 24.9 Å². The Morgan fingerprint density at radius 1 is 0.929 bits per heavy atom. The molecular weight excluding hydrogens is 354 g/mol. The van der Waals surface area contributed by atoms with E-state index in [2.05, 4.69) is 15.6 Å². The number of aromatic nitrogens is 1. The molecule has 0 unspecified atom stereocenters. The summed E-state index contributed by atoms with van der Waals surface area (Å²) in [6.45, 7) is 3.98. The van der Waals surface area contributed by atoms with Crippen LogP contribution in [0.1, 0.15) is 21.5 Å². The van der Waals surface area contributed by atoms with Gasteiger partial charge >= 0.3 is 0 Å². The largest absolute Gasteiger partial charge is 0.497 e. The fourth-order valence-corrected chi connectivity index (χ4v) is 2.85. The fraction of sp³-hybridized carbons (Fsp3) is 0.182. The highest BCUT2D eigenvalue weighted by Gasteiger charge is 2.11. The Bertz CT molecular complexity index is 1000. The third-order valence-electron chi connectivity index (χ3n) is 4.32. The maximum atomic E-state index is 12.7. The van der Waals surface area contributed by atoms with Crippen LogP contribution in [0.2, 0.25) is 0 Å².